The predicted molar refractivity (Wildman–Crippen MR) is 101 cm³/mol. The first-order chi connectivity index (χ1) is 12.3. The molecule has 0 amide bonds. The fourth-order valence-electron chi connectivity index (χ4n) is 2.06. The Morgan fingerprint density at radius 3 is 2.00 bits per heavy atom. The van der Waals surface area contributed by atoms with Crippen molar-refractivity contribution >= 4 is 23.7 Å². The number of rotatable bonds is 6. The number of ether oxygens (including phenoxy) is 2. The largest absolute Gasteiger partial charge is 0.528 e. The van der Waals surface area contributed by atoms with Crippen molar-refractivity contribution in [3.05, 3.63) is 29.8 Å². The van der Waals surface area contributed by atoms with E-state index in [2.05, 4.69) is 0 Å². The zero-order valence-corrected chi connectivity index (χ0v) is 17.4. The van der Waals surface area contributed by atoms with Gasteiger partial charge in [-0.05, 0) is 59.2 Å². The maximum absolute atomic E-state index is 12.7. The Morgan fingerprint density at radius 1 is 1.04 bits per heavy atom. The number of benzene rings is 1. The van der Waals surface area contributed by atoms with Crippen LogP contribution in [0, 0.1) is 0 Å². The number of alkyl halides is 1. The zero-order chi connectivity index (χ0) is 20.8. The Kier molecular flexibility index (Phi) is 7.92. The molecule has 7 nitrogen and oxygen atoms in total. The van der Waals surface area contributed by atoms with Gasteiger partial charge in [0.1, 0.15) is 29.0 Å². The molecular weight excluding hydrogens is 374 g/mol. The number of carbonyl (C=O) groups is 2. The molecule has 0 heterocycles. The first kappa shape index (κ1) is 23.0. The molecule has 27 heavy (non-hydrogen) atoms. The summed E-state index contributed by atoms with van der Waals surface area (Å²) in [5, 5.41) is 10.5. The van der Waals surface area contributed by atoms with Crippen LogP contribution in [-0.2, 0) is 25.5 Å². The molecule has 1 atom stereocenters. The van der Waals surface area contributed by atoms with E-state index in [0.29, 0.717) is 0 Å². The minimum Gasteiger partial charge on any atom is -0.508 e. The molecule has 0 saturated heterocycles. The maximum atomic E-state index is 12.7. The lowest BCUT2D eigenvalue weighted by Gasteiger charge is -2.30. The number of nitrogens with zero attached hydrogens (tertiary/aromatic N) is 1. The van der Waals surface area contributed by atoms with Crippen LogP contribution in [0.3, 0.4) is 0 Å². The smallest absolute Gasteiger partial charge is 0.508 e. The van der Waals surface area contributed by atoms with Gasteiger partial charge in [-0.25, -0.2) is 4.79 Å². The summed E-state index contributed by atoms with van der Waals surface area (Å²) in [7, 11) is 0. The van der Waals surface area contributed by atoms with Crippen molar-refractivity contribution < 1.29 is 29.0 Å². The van der Waals surface area contributed by atoms with Crippen molar-refractivity contribution in [3.8, 4) is 5.75 Å². The van der Waals surface area contributed by atoms with Gasteiger partial charge < -0.3 is 19.4 Å². The Hall–Kier alpha value is -1.99. The van der Waals surface area contributed by atoms with Gasteiger partial charge >= 0.3 is 12.1 Å². The third kappa shape index (κ3) is 8.97. The molecular formula is C19H28ClNO6. The fraction of sp³-hybridized carbons (Fsp3) is 0.579. The van der Waals surface area contributed by atoms with Gasteiger partial charge in [-0.2, -0.15) is 0 Å². The van der Waals surface area contributed by atoms with Crippen molar-refractivity contribution in [2.24, 2.45) is 0 Å². The summed E-state index contributed by atoms with van der Waals surface area (Å²) < 4.78 is 10.6. The van der Waals surface area contributed by atoms with Crippen LogP contribution in [0.2, 0.25) is 0 Å². The van der Waals surface area contributed by atoms with Crippen LogP contribution in [-0.4, -0.2) is 45.5 Å². The van der Waals surface area contributed by atoms with E-state index in [9.17, 15) is 14.7 Å². The molecule has 152 valence electrons. The average Bonchev–Trinajstić information content (AvgIpc) is 2.49. The third-order valence-corrected chi connectivity index (χ3v) is 3.33. The number of hydrogen-bond acceptors (Lipinski definition) is 7. The second-order valence-corrected chi connectivity index (χ2v) is 8.25. The van der Waals surface area contributed by atoms with Crippen molar-refractivity contribution in [1.29, 1.82) is 0 Å². The highest BCUT2D eigenvalue weighted by atomic mass is 35.5. The number of halogens is 1. The van der Waals surface area contributed by atoms with Crippen molar-refractivity contribution in [1.82, 2.24) is 5.06 Å². The van der Waals surface area contributed by atoms with Crippen molar-refractivity contribution in [2.75, 3.05) is 6.00 Å². The van der Waals surface area contributed by atoms with Gasteiger partial charge in [-0.3, -0.25) is 4.79 Å². The summed E-state index contributed by atoms with van der Waals surface area (Å²) >= 11 is 5.93. The second kappa shape index (κ2) is 9.28. The molecule has 0 spiro atoms. The van der Waals surface area contributed by atoms with E-state index in [1.165, 1.54) is 12.1 Å². The average molecular weight is 402 g/mol. The first-order valence-corrected chi connectivity index (χ1v) is 9.08. The quantitative estimate of drug-likeness (QED) is 0.333. The molecule has 0 aliphatic heterocycles. The van der Waals surface area contributed by atoms with Gasteiger partial charge in [0.15, 0.2) is 0 Å². The number of hydroxylamine groups is 2. The lowest BCUT2D eigenvalue weighted by Crippen LogP contribution is -2.46. The highest BCUT2D eigenvalue weighted by molar-refractivity contribution is 6.17. The molecule has 0 aliphatic rings. The van der Waals surface area contributed by atoms with Crippen molar-refractivity contribution in [3.63, 3.8) is 0 Å². The van der Waals surface area contributed by atoms with Gasteiger partial charge in [-0.1, -0.05) is 12.1 Å². The van der Waals surface area contributed by atoms with E-state index >= 15 is 0 Å². The first-order valence-electron chi connectivity index (χ1n) is 8.55. The molecule has 0 aliphatic carbocycles. The van der Waals surface area contributed by atoms with Crippen LogP contribution < -0.4 is 0 Å². The van der Waals surface area contributed by atoms with Crippen LogP contribution >= 0.6 is 11.6 Å². The summed E-state index contributed by atoms with van der Waals surface area (Å²) in [5.74, 6) is -0.494. The number of phenolic OH excluding ortho intramolecular Hbond substituents is 1. The predicted octanol–water partition coefficient (Wildman–Crippen LogP) is 4.01. The number of hydrogen-bond donors (Lipinski definition) is 1. The Balaban J connectivity index is 3.03. The third-order valence-electron chi connectivity index (χ3n) is 3.09. The number of aromatic hydroxyl groups is 1. The molecule has 0 radical (unpaired) electrons. The summed E-state index contributed by atoms with van der Waals surface area (Å²) in [4.78, 5) is 29.9. The van der Waals surface area contributed by atoms with E-state index in [1.807, 2.05) is 0 Å². The van der Waals surface area contributed by atoms with Crippen LogP contribution in [0.4, 0.5) is 4.79 Å². The molecule has 1 rings (SSSR count). The number of phenols is 1. The van der Waals surface area contributed by atoms with E-state index in [-0.39, 0.29) is 18.2 Å². The van der Waals surface area contributed by atoms with Crippen LogP contribution in [0.1, 0.15) is 47.1 Å². The topological polar surface area (TPSA) is 85.3 Å². The van der Waals surface area contributed by atoms with Crippen LogP contribution in [0.25, 0.3) is 0 Å². The van der Waals surface area contributed by atoms with Crippen molar-refractivity contribution in [2.45, 2.75) is 65.2 Å². The lowest BCUT2D eigenvalue weighted by molar-refractivity contribution is -0.189. The number of esters is 1. The monoisotopic (exact) mass is 401 g/mol. The SMILES string of the molecule is CC(C)(C)OC(=O)ON(CCl)[C@H](Cc1ccc(O)cc1)C(=O)OC(C)(C)C. The van der Waals surface area contributed by atoms with Crippen LogP contribution in [0.15, 0.2) is 24.3 Å². The van der Waals surface area contributed by atoms with Gasteiger partial charge in [0.2, 0.25) is 0 Å². The summed E-state index contributed by atoms with van der Waals surface area (Å²) in [6, 6.07) is 5.07. The summed E-state index contributed by atoms with van der Waals surface area (Å²) in [6.45, 7) is 10.3. The molecule has 0 unspecified atom stereocenters. The Bertz CT molecular complexity index is 633. The van der Waals surface area contributed by atoms with Crippen LogP contribution in [0.5, 0.6) is 5.75 Å². The van der Waals surface area contributed by atoms with E-state index < -0.39 is 29.4 Å². The van der Waals surface area contributed by atoms with E-state index in [4.69, 9.17) is 25.9 Å². The molecule has 1 aromatic rings. The van der Waals surface area contributed by atoms with Gasteiger partial charge in [-0.15, -0.1) is 16.7 Å². The molecule has 0 bridgehead atoms. The molecule has 0 aromatic heterocycles. The van der Waals surface area contributed by atoms with Gasteiger partial charge in [0.25, 0.3) is 0 Å². The normalized spacial score (nSPS) is 13.2. The minimum atomic E-state index is -0.987. The lowest BCUT2D eigenvalue weighted by atomic mass is 10.1. The van der Waals surface area contributed by atoms with E-state index in [0.717, 1.165) is 10.6 Å². The standard InChI is InChI=1S/C19H28ClNO6/c1-18(2,3)25-16(23)15(11-13-7-9-14(22)10-8-13)21(12-20)27-17(24)26-19(4,5)6/h7-10,15,22H,11-12H2,1-6H3/t15-/m1/s1. The Morgan fingerprint density at radius 2 is 1.56 bits per heavy atom. The van der Waals surface area contributed by atoms with E-state index in [1.54, 1.807) is 53.7 Å². The Labute approximate surface area is 165 Å². The second-order valence-electron chi connectivity index (χ2n) is 8.01. The molecule has 0 saturated carbocycles. The molecule has 1 N–H and O–H groups in total. The minimum absolute atomic E-state index is 0.103. The highest BCUT2D eigenvalue weighted by Gasteiger charge is 2.34. The summed E-state index contributed by atoms with van der Waals surface area (Å²) in [5.41, 5.74) is -0.756. The van der Waals surface area contributed by atoms with Gasteiger partial charge in [0, 0.05) is 6.42 Å². The summed E-state index contributed by atoms with van der Waals surface area (Å²) in [6.07, 6.45) is -0.813. The highest BCUT2D eigenvalue weighted by Crippen LogP contribution is 2.19. The van der Waals surface area contributed by atoms with Gasteiger partial charge in [0.05, 0.1) is 0 Å². The molecule has 0 fully saturated rings. The maximum Gasteiger partial charge on any atom is 0.528 e. The molecule has 8 heteroatoms. The molecule has 1 aromatic carbocycles. The number of carbonyl (C=O) groups excluding carboxylic acids is 2. The fourth-order valence-corrected chi connectivity index (χ4v) is 2.28. The zero-order valence-electron chi connectivity index (χ0n) is 16.6.